The molecule has 1 atom stereocenters. The molecule has 112 valence electrons. The van der Waals surface area contributed by atoms with Crippen molar-refractivity contribution in [2.45, 2.75) is 39.2 Å². The van der Waals surface area contributed by atoms with Crippen LogP contribution in [0, 0.1) is 5.41 Å². The molecular formula is C17H28N2O. The average Bonchev–Trinajstić information content (AvgIpc) is 2.68. The lowest BCUT2D eigenvalue weighted by Gasteiger charge is -2.19. The highest BCUT2D eigenvalue weighted by atomic mass is 16.5. The van der Waals surface area contributed by atoms with Crippen molar-refractivity contribution in [2.75, 3.05) is 32.6 Å². The van der Waals surface area contributed by atoms with E-state index in [2.05, 4.69) is 56.4 Å². The van der Waals surface area contributed by atoms with Crippen molar-refractivity contribution < 1.29 is 4.74 Å². The lowest BCUT2D eigenvalue weighted by molar-refractivity contribution is 0.261. The first kappa shape index (κ1) is 15.2. The molecule has 1 saturated carbocycles. The van der Waals surface area contributed by atoms with Gasteiger partial charge < -0.3 is 15.0 Å². The molecule has 1 aliphatic rings. The molecule has 1 fully saturated rings. The summed E-state index contributed by atoms with van der Waals surface area (Å²) in [6.45, 7) is 6.38. The molecule has 2 rings (SSSR count). The number of hydrogen-bond donors (Lipinski definition) is 1. The highest BCUT2D eigenvalue weighted by Gasteiger charge is 2.30. The third kappa shape index (κ3) is 4.71. The summed E-state index contributed by atoms with van der Waals surface area (Å²) in [6, 6.07) is 8.93. The summed E-state index contributed by atoms with van der Waals surface area (Å²) in [6.07, 6.45) is 3.82. The molecule has 3 heteroatoms. The van der Waals surface area contributed by atoms with Crippen LogP contribution in [0.25, 0.3) is 0 Å². The second-order valence-electron chi connectivity index (χ2n) is 6.93. The van der Waals surface area contributed by atoms with Gasteiger partial charge in [0, 0.05) is 24.3 Å². The van der Waals surface area contributed by atoms with Gasteiger partial charge in [0.25, 0.3) is 0 Å². The van der Waals surface area contributed by atoms with Crippen LogP contribution in [0.1, 0.15) is 33.1 Å². The number of nitrogens with zero attached hydrogens (tertiary/aromatic N) is 1. The molecule has 3 nitrogen and oxygen atoms in total. The monoisotopic (exact) mass is 276 g/mol. The molecule has 1 N–H and O–H groups in total. The van der Waals surface area contributed by atoms with Crippen LogP contribution in [0.3, 0.4) is 0 Å². The Morgan fingerprint density at radius 1 is 1.35 bits per heavy atom. The Morgan fingerprint density at radius 2 is 2.15 bits per heavy atom. The van der Waals surface area contributed by atoms with Crippen molar-refractivity contribution in [1.29, 1.82) is 0 Å². The predicted molar refractivity (Wildman–Crippen MR) is 85.5 cm³/mol. The molecule has 20 heavy (non-hydrogen) atoms. The van der Waals surface area contributed by atoms with E-state index in [1.54, 1.807) is 0 Å². The van der Waals surface area contributed by atoms with E-state index >= 15 is 0 Å². The molecular weight excluding hydrogens is 248 g/mol. The second-order valence-corrected chi connectivity index (χ2v) is 6.93. The first-order valence-electron chi connectivity index (χ1n) is 7.59. The summed E-state index contributed by atoms with van der Waals surface area (Å²) >= 11 is 0. The van der Waals surface area contributed by atoms with Gasteiger partial charge in [-0.1, -0.05) is 19.9 Å². The van der Waals surface area contributed by atoms with E-state index < -0.39 is 0 Å². The molecule has 0 saturated heterocycles. The van der Waals surface area contributed by atoms with Crippen LogP contribution in [0.2, 0.25) is 0 Å². The standard InChI is InChI=1S/C17H28N2O/c1-17(2)9-8-15(13-17)18-14-6-5-7-16(12-14)20-11-10-19(3)4/h5-7,12,15,18H,8-11,13H2,1-4H3. The smallest absolute Gasteiger partial charge is 0.121 e. The van der Waals surface area contributed by atoms with E-state index in [4.69, 9.17) is 4.74 Å². The molecule has 0 aliphatic heterocycles. The van der Waals surface area contributed by atoms with Gasteiger partial charge in [-0.2, -0.15) is 0 Å². The zero-order valence-electron chi connectivity index (χ0n) is 13.3. The van der Waals surface area contributed by atoms with Crippen molar-refractivity contribution in [3.8, 4) is 5.75 Å². The first-order valence-corrected chi connectivity index (χ1v) is 7.59. The number of hydrogen-bond acceptors (Lipinski definition) is 3. The quantitative estimate of drug-likeness (QED) is 0.859. The van der Waals surface area contributed by atoms with E-state index in [1.165, 1.54) is 24.9 Å². The Balaban J connectivity index is 1.86. The van der Waals surface area contributed by atoms with Crippen LogP contribution in [-0.2, 0) is 0 Å². The van der Waals surface area contributed by atoms with Crippen molar-refractivity contribution in [3.05, 3.63) is 24.3 Å². The molecule has 0 aromatic heterocycles. The molecule has 1 unspecified atom stereocenters. The van der Waals surface area contributed by atoms with E-state index in [0.717, 1.165) is 18.9 Å². The van der Waals surface area contributed by atoms with Crippen molar-refractivity contribution >= 4 is 5.69 Å². The van der Waals surface area contributed by atoms with Crippen LogP contribution in [-0.4, -0.2) is 38.2 Å². The maximum absolute atomic E-state index is 5.78. The van der Waals surface area contributed by atoms with Crippen LogP contribution in [0.15, 0.2) is 24.3 Å². The maximum atomic E-state index is 5.78. The molecule has 0 amide bonds. The average molecular weight is 276 g/mol. The normalized spacial score (nSPS) is 21.1. The Kier molecular flexibility index (Phi) is 4.92. The Bertz CT molecular complexity index is 429. The summed E-state index contributed by atoms with van der Waals surface area (Å²) in [5.41, 5.74) is 1.66. The van der Waals surface area contributed by atoms with Crippen LogP contribution in [0.4, 0.5) is 5.69 Å². The van der Waals surface area contributed by atoms with Crippen molar-refractivity contribution in [1.82, 2.24) is 4.90 Å². The van der Waals surface area contributed by atoms with Gasteiger partial charge in [-0.05, 0) is 50.9 Å². The molecule has 0 spiro atoms. The number of anilines is 1. The van der Waals surface area contributed by atoms with Crippen molar-refractivity contribution in [3.63, 3.8) is 0 Å². The highest BCUT2D eigenvalue weighted by Crippen LogP contribution is 2.38. The summed E-state index contributed by atoms with van der Waals surface area (Å²) in [5, 5.41) is 3.65. The minimum atomic E-state index is 0.484. The van der Waals surface area contributed by atoms with E-state index in [-0.39, 0.29) is 0 Å². The first-order chi connectivity index (χ1) is 9.44. The van der Waals surface area contributed by atoms with Gasteiger partial charge in [-0.25, -0.2) is 0 Å². The number of likely N-dealkylation sites (N-methyl/N-ethyl adjacent to an activating group) is 1. The Labute approximate surface area is 123 Å². The lowest BCUT2D eigenvalue weighted by Crippen LogP contribution is -2.19. The summed E-state index contributed by atoms with van der Waals surface area (Å²) in [7, 11) is 4.12. The molecule has 0 bridgehead atoms. The maximum Gasteiger partial charge on any atom is 0.121 e. The molecule has 1 aliphatic carbocycles. The van der Waals surface area contributed by atoms with Crippen LogP contribution < -0.4 is 10.1 Å². The summed E-state index contributed by atoms with van der Waals surface area (Å²) < 4.78 is 5.78. The minimum Gasteiger partial charge on any atom is -0.492 e. The fourth-order valence-electron chi connectivity index (χ4n) is 2.82. The van der Waals surface area contributed by atoms with E-state index in [1.807, 2.05) is 6.07 Å². The van der Waals surface area contributed by atoms with Crippen molar-refractivity contribution in [2.24, 2.45) is 5.41 Å². The third-order valence-electron chi connectivity index (χ3n) is 3.98. The topological polar surface area (TPSA) is 24.5 Å². The molecule has 1 aromatic rings. The van der Waals surface area contributed by atoms with Gasteiger partial charge >= 0.3 is 0 Å². The molecule has 0 heterocycles. The zero-order valence-corrected chi connectivity index (χ0v) is 13.3. The zero-order chi connectivity index (χ0) is 14.6. The largest absolute Gasteiger partial charge is 0.492 e. The van der Waals surface area contributed by atoms with Gasteiger partial charge in [0.05, 0.1) is 0 Å². The number of nitrogens with one attached hydrogen (secondary N) is 1. The van der Waals surface area contributed by atoms with Gasteiger partial charge in [0.2, 0.25) is 0 Å². The Morgan fingerprint density at radius 3 is 2.80 bits per heavy atom. The second kappa shape index (κ2) is 6.49. The van der Waals surface area contributed by atoms with Gasteiger partial charge in [-0.15, -0.1) is 0 Å². The third-order valence-corrected chi connectivity index (χ3v) is 3.98. The fourth-order valence-corrected chi connectivity index (χ4v) is 2.82. The lowest BCUT2D eigenvalue weighted by atomic mass is 9.92. The summed E-state index contributed by atoms with van der Waals surface area (Å²) in [5.74, 6) is 0.953. The van der Waals surface area contributed by atoms with Gasteiger partial charge in [-0.3, -0.25) is 0 Å². The summed E-state index contributed by atoms with van der Waals surface area (Å²) in [4.78, 5) is 2.13. The van der Waals surface area contributed by atoms with Gasteiger partial charge in [0.1, 0.15) is 12.4 Å². The SMILES string of the molecule is CN(C)CCOc1cccc(NC2CCC(C)(C)C2)c1. The fraction of sp³-hybridized carbons (Fsp3) is 0.647. The number of ether oxygens (including phenoxy) is 1. The predicted octanol–water partition coefficient (Wildman–Crippen LogP) is 3.62. The number of benzene rings is 1. The van der Waals surface area contributed by atoms with Crippen LogP contribution in [0.5, 0.6) is 5.75 Å². The molecule has 0 radical (unpaired) electrons. The van der Waals surface area contributed by atoms with E-state index in [0.29, 0.717) is 11.5 Å². The van der Waals surface area contributed by atoms with E-state index in [9.17, 15) is 0 Å². The highest BCUT2D eigenvalue weighted by molar-refractivity contribution is 5.49. The minimum absolute atomic E-state index is 0.484. The van der Waals surface area contributed by atoms with Gasteiger partial charge in [0.15, 0.2) is 0 Å². The van der Waals surface area contributed by atoms with Crippen LogP contribution >= 0.6 is 0 Å². The molecule has 1 aromatic carbocycles. The Hall–Kier alpha value is -1.22. The number of rotatable bonds is 6.